The minimum absolute atomic E-state index is 0.502. The predicted octanol–water partition coefficient (Wildman–Crippen LogP) is 0.219. The van der Waals surface area contributed by atoms with Gasteiger partial charge in [-0.3, -0.25) is 0 Å². The Balaban J connectivity index is 2.21. The summed E-state index contributed by atoms with van der Waals surface area (Å²) >= 11 is 0. The number of rotatable bonds is 5. The zero-order valence-electron chi connectivity index (χ0n) is 8.26. The quantitative estimate of drug-likeness (QED) is 0.622. The zero-order valence-corrected chi connectivity index (χ0v) is 8.26. The highest BCUT2D eigenvalue weighted by Gasteiger charge is 2.22. The van der Waals surface area contributed by atoms with Crippen molar-refractivity contribution in [1.82, 2.24) is 10.6 Å². The normalized spacial score (nSPS) is 21.0. The molecule has 1 rings (SSSR count). The maximum atomic E-state index is 5.15. The first-order chi connectivity index (χ1) is 5.74. The number of methoxy groups -OCH3 is 1. The van der Waals surface area contributed by atoms with Gasteiger partial charge >= 0.3 is 0 Å². The first-order valence-electron chi connectivity index (χ1n) is 4.69. The van der Waals surface area contributed by atoms with Crippen molar-refractivity contribution in [2.75, 3.05) is 26.8 Å². The van der Waals surface area contributed by atoms with Gasteiger partial charge in [-0.05, 0) is 5.92 Å². The summed E-state index contributed by atoms with van der Waals surface area (Å²) in [4.78, 5) is 0. The lowest BCUT2D eigenvalue weighted by atomic mass is 10.0. The van der Waals surface area contributed by atoms with Crippen LogP contribution in [0.1, 0.15) is 13.8 Å². The lowest BCUT2D eigenvalue weighted by molar-refractivity contribution is 0.133. The minimum atomic E-state index is 0.502. The van der Waals surface area contributed by atoms with Gasteiger partial charge in [0.2, 0.25) is 0 Å². The highest BCUT2D eigenvalue weighted by molar-refractivity contribution is 4.85. The molecule has 1 heterocycles. The molecule has 0 bridgehead atoms. The summed E-state index contributed by atoms with van der Waals surface area (Å²) in [7, 11) is 1.76. The van der Waals surface area contributed by atoms with Gasteiger partial charge in [0.05, 0.1) is 6.61 Å². The number of hydrogen-bond donors (Lipinski definition) is 2. The molecule has 0 amide bonds. The molecule has 1 atom stereocenters. The molecule has 0 aromatic heterocycles. The Labute approximate surface area is 74.9 Å². The van der Waals surface area contributed by atoms with Crippen LogP contribution in [0.3, 0.4) is 0 Å². The molecular weight excluding hydrogens is 152 g/mol. The fourth-order valence-corrected chi connectivity index (χ4v) is 1.32. The molecule has 0 aliphatic carbocycles. The van der Waals surface area contributed by atoms with E-state index in [1.165, 1.54) is 0 Å². The van der Waals surface area contributed by atoms with Gasteiger partial charge in [-0.25, -0.2) is 0 Å². The maximum absolute atomic E-state index is 5.15. The topological polar surface area (TPSA) is 33.3 Å². The molecule has 0 spiro atoms. The van der Waals surface area contributed by atoms with Gasteiger partial charge in [-0.1, -0.05) is 13.8 Å². The Kier molecular flexibility index (Phi) is 3.98. The molecule has 0 aromatic carbocycles. The molecule has 1 aliphatic heterocycles. The largest absolute Gasteiger partial charge is 0.383 e. The monoisotopic (exact) mass is 172 g/mol. The number of hydrogen-bond acceptors (Lipinski definition) is 3. The van der Waals surface area contributed by atoms with Crippen molar-refractivity contribution in [2.45, 2.75) is 25.9 Å². The molecule has 12 heavy (non-hydrogen) atoms. The minimum Gasteiger partial charge on any atom is -0.383 e. The van der Waals surface area contributed by atoms with Crippen molar-refractivity contribution in [3.05, 3.63) is 0 Å². The van der Waals surface area contributed by atoms with Crippen molar-refractivity contribution in [1.29, 1.82) is 0 Å². The molecule has 0 aromatic rings. The summed E-state index contributed by atoms with van der Waals surface area (Å²) in [6.45, 7) is 7.47. The number of ether oxygens (including phenoxy) is 1. The zero-order chi connectivity index (χ0) is 8.97. The maximum Gasteiger partial charge on any atom is 0.0618 e. The smallest absolute Gasteiger partial charge is 0.0618 e. The second-order valence-electron chi connectivity index (χ2n) is 3.83. The Morgan fingerprint density at radius 2 is 2.17 bits per heavy atom. The van der Waals surface area contributed by atoms with E-state index in [-0.39, 0.29) is 0 Å². The molecule has 72 valence electrons. The molecule has 3 nitrogen and oxygen atoms in total. The van der Waals surface area contributed by atoms with E-state index in [1.54, 1.807) is 7.11 Å². The van der Waals surface area contributed by atoms with Crippen LogP contribution < -0.4 is 10.6 Å². The van der Waals surface area contributed by atoms with Gasteiger partial charge in [0, 0.05) is 32.3 Å². The average molecular weight is 172 g/mol. The third kappa shape index (κ3) is 2.73. The van der Waals surface area contributed by atoms with Crippen LogP contribution >= 0.6 is 0 Å². The van der Waals surface area contributed by atoms with Crippen molar-refractivity contribution in [3.8, 4) is 0 Å². The molecule has 1 unspecified atom stereocenters. The van der Waals surface area contributed by atoms with Crippen LogP contribution in [0.5, 0.6) is 0 Å². The van der Waals surface area contributed by atoms with Crippen molar-refractivity contribution in [3.63, 3.8) is 0 Å². The molecule has 0 radical (unpaired) electrons. The molecule has 1 saturated heterocycles. The van der Waals surface area contributed by atoms with E-state index < -0.39 is 0 Å². The van der Waals surface area contributed by atoms with Gasteiger partial charge in [-0.15, -0.1) is 0 Å². The Morgan fingerprint density at radius 1 is 1.50 bits per heavy atom. The van der Waals surface area contributed by atoms with Crippen LogP contribution in [0.25, 0.3) is 0 Å². The predicted molar refractivity (Wildman–Crippen MR) is 50.3 cm³/mol. The highest BCUT2D eigenvalue weighted by Crippen LogP contribution is 2.04. The van der Waals surface area contributed by atoms with E-state index in [1.807, 2.05) is 0 Å². The summed E-state index contributed by atoms with van der Waals surface area (Å²) in [5.74, 6) is 0.644. The van der Waals surface area contributed by atoms with E-state index in [0.29, 0.717) is 18.0 Å². The molecular formula is C9H20N2O. The molecule has 2 N–H and O–H groups in total. The van der Waals surface area contributed by atoms with Gasteiger partial charge in [0.15, 0.2) is 0 Å². The van der Waals surface area contributed by atoms with Crippen LogP contribution in [0, 0.1) is 5.92 Å². The van der Waals surface area contributed by atoms with Gasteiger partial charge in [0.25, 0.3) is 0 Å². The third-order valence-corrected chi connectivity index (χ3v) is 2.38. The fourth-order valence-electron chi connectivity index (χ4n) is 1.32. The first kappa shape index (κ1) is 9.96. The van der Waals surface area contributed by atoms with Crippen LogP contribution in [0.2, 0.25) is 0 Å². The lowest BCUT2D eigenvalue weighted by Crippen LogP contribution is -2.59. The van der Waals surface area contributed by atoms with Crippen molar-refractivity contribution in [2.24, 2.45) is 5.92 Å². The standard InChI is InChI=1S/C9H20N2O/c1-7(2)9(6-12-3)11-8-4-10-5-8/h7-11H,4-6H2,1-3H3. The van der Waals surface area contributed by atoms with E-state index in [9.17, 15) is 0 Å². The lowest BCUT2D eigenvalue weighted by Gasteiger charge is -2.33. The van der Waals surface area contributed by atoms with Gasteiger partial charge in [0.1, 0.15) is 0 Å². The van der Waals surface area contributed by atoms with Crippen molar-refractivity contribution >= 4 is 0 Å². The molecule has 1 aliphatic rings. The summed E-state index contributed by atoms with van der Waals surface area (Å²) < 4.78 is 5.15. The van der Waals surface area contributed by atoms with Crippen molar-refractivity contribution < 1.29 is 4.74 Å². The average Bonchev–Trinajstić information content (AvgIpc) is 1.93. The van der Waals surface area contributed by atoms with Crippen LogP contribution in [-0.4, -0.2) is 38.9 Å². The molecule has 1 fully saturated rings. The van der Waals surface area contributed by atoms with E-state index in [2.05, 4.69) is 24.5 Å². The Morgan fingerprint density at radius 3 is 2.50 bits per heavy atom. The summed E-state index contributed by atoms with van der Waals surface area (Å²) in [5, 5.41) is 6.81. The second-order valence-corrected chi connectivity index (χ2v) is 3.83. The molecule has 0 saturated carbocycles. The first-order valence-corrected chi connectivity index (χ1v) is 4.69. The van der Waals surface area contributed by atoms with Gasteiger partial charge < -0.3 is 15.4 Å². The van der Waals surface area contributed by atoms with E-state index in [4.69, 9.17) is 4.74 Å². The van der Waals surface area contributed by atoms with Crippen LogP contribution in [0.15, 0.2) is 0 Å². The highest BCUT2D eigenvalue weighted by atomic mass is 16.5. The van der Waals surface area contributed by atoms with E-state index >= 15 is 0 Å². The van der Waals surface area contributed by atoms with E-state index in [0.717, 1.165) is 19.7 Å². The second kappa shape index (κ2) is 4.80. The third-order valence-electron chi connectivity index (χ3n) is 2.38. The fraction of sp³-hybridized carbons (Fsp3) is 1.00. The van der Waals surface area contributed by atoms with Crippen LogP contribution in [-0.2, 0) is 4.74 Å². The SMILES string of the molecule is COCC(NC1CNC1)C(C)C. The Bertz CT molecular complexity index is 124. The number of nitrogens with one attached hydrogen (secondary N) is 2. The summed E-state index contributed by atoms with van der Waals surface area (Å²) in [6, 6.07) is 1.16. The summed E-state index contributed by atoms with van der Waals surface area (Å²) in [5.41, 5.74) is 0. The Hall–Kier alpha value is -0.120. The summed E-state index contributed by atoms with van der Waals surface area (Å²) in [6.07, 6.45) is 0. The van der Waals surface area contributed by atoms with Gasteiger partial charge in [-0.2, -0.15) is 0 Å². The molecule has 3 heteroatoms. The van der Waals surface area contributed by atoms with Crippen LogP contribution in [0.4, 0.5) is 0 Å².